The summed E-state index contributed by atoms with van der Waals surface area (Å²) < 4.78 is 0. The first kappa shape index (κ1) is 13.7. The molecule has 1 aromatic rings. The van der Waals surface area contributed by atoms with Gasteiger partial charge in [-0.3, -0.25) is 0 Å². The highest BCUT2D eigenvalue weighted by molar-refractivity contribution is 7.10. The van der Waals surface area contributed by atoms with Gasteiger partial charge in [0.25, 0.3) is 0 Å². The lowest BCUT2D eigenvalue weighted by Gasteiger charge is -2.17. The second-order valence-electron chi connectivity index (χ2n) is 5.12. The maximum Gasteiger partial charge on any atom is 0.00975 e. The summed E-state index contributed by atoms with van der Waals surface area (Å²) in [6.07, 6.45) is 3.39. The highest BCUT2D eigenvalue weighted by atomic mass is 32.1. The SMILES string of the molecule is Cc1ccsc1CCNCCCC(C)(C)N. The van der Waals surface area contributed by atoms with E-state index in [0.29, 0.717) is 0 Å². The van der Waals surface area contributed by atoms with Gasteiger partial charge in [0.1, 0.15) is 0 Å². The Kier molecular flexibility index (Phi) is 5.46. The Morgan fingerprint density at radius 1 is 1.38 bits per heavy atom. The molecule has 1 heterocycles. The fourth-order valence-corrected chi connectivity index (χ4v) is 2.57. The first-order chi connectivity index (χ1) is 7.49. The Bertz CT molecular complexity index is 299. The van der Waals surface area contributed by atoms with Gasteiger partial charge in [0.2, 0.25) is 0 Å². The molecule has 0 spiro atoms. The number of thiophene rings is 1. The fourth-order valence-electron chi connectivity index (χ4n) is 1.66. The molecule has 0 unspecified atom stereocenters. The largest absolute Gasteiger partial charge is 0.326 e. The molecule has 0 atom stereocenters. The Morgan fingerprint density at radius 3 is 2.69 bits per heavy atom. The second-order valence-corrected chi connectivity index (χ2v) is 6.12. The molecule has 0 aliphatic heterocycles. The minimum Gasteiger partial charge on any atom is -0.326 e. The third kappa shape index (κ3) is 5.64. The number of hydrogen-bond acceptors (Lipinski definition) is 3. The van der Waals surface area contributed by atoms with Crippen LogP contribution in [0.25, 0.3) is 0 Å². The first-order valence-corrected chi connectivity index (χ1v) is 6.89. The summed E-state index contributed by atoms with van der Waals surface area (Å²) in [5.74, 6) is 0. The van der Waals surface area contributed by atoms with Crippen molar-refractivity contribution in [2.75, 3.05) is 13.1 Å². The Labute approximate surface area is 103 Å². The van der Waals surface area contributed by atoms with Gasteiger partial charge in [-0.05, 0) is 70.1 Å². The van der Waals surface area contributed by atoms with Crippen molar-refractivity contribution in [2.24, 2.45) is 5.73 Å². The standard InChI is InChI=1S/C13H24N2S/c1-11-6-10-16-12(11)5-9-15-8-4-7-13(2,3)14/h6,10,15H,4-5,7-9,14H2,1-3H3. The van der Waals surface area contributed by atoms with Gasteiger partial charge in [0.15, 0.2) is 0 Å². The molecule has 92 valence electrons. The summed E-state index contributed by atoms with van der Waals surface area (Å²) in [5, 5.41) is 5.64. The minimum atomic E-state index is -0.0218. The molecule has 0 saturated heterocycles. The number of nitrogens with two attached hydrogens (primary N) is 1. The van der Waals surface area contributed by atoms with Gasteiger partial charge in [0.05, 0.1) is 0 Å². The van der Waals surface area contributed by atoms with E-state index >= 15 is 0 Å². The van der Waals surface area contributed by atoms with Crippen LogP contribution in [-0.4, -0.2) is 18.6 Å². The molecule has 0 amide bonds. The minimum absolute atomic E-state index is 0.0218. The second kappa shape index (κ2) is 6.38. The van der Waals surface area contributed by atoms with Crippen molar-refractivity contribution < 1.29 is 0 Å². The van der Waals surface area contributed by atoms with Gasteiger partial charge in [-0.25, -0.2) is 0 Å². The molecule has 0 radical (unpaired) electrons. The monoisotopic (exact) mass is 240 g/mol. The number of aryl methyl sites for hydroxylation is 1. The summed E-state index contributed by atoms with van der Waals surface area (Å²) in [6.45, 7) is 8.50. The summed E-state index contributed by atoms with van der Waals surface area (Å²) in [4.78, 5) is 1.51. The van der Waals surface area contributed by atoms with Crippen LogP contribution in [-0.2, 0) is 6.42 Å². The Morgan fingerprint density at radius 2 is 2.12 bits per heavy atom. The molecule has 0 aliphatic rings. The van der Waals surface area contributed by atoms with Crippen molar-refractivity contribution in [1.29, 1.82) is 0 Å². The number of nitrogens with one attached hydrogen (secondary N) is 1. The molecule has 0 aromatic carbocycles. The lowest BCUT2D eigenvalue weighted by atomic mass is 10.0. The van der Waals surface area contributed by atoms with Crippen molar-refractivity contribution in [3.63, 3.8) is 0 Å². The van der Waals surface area contributed by atoms with Gasteiger partial charge >= 0.3 is 0 Å². The summed E-state index contributed by atoms with van der Waals surface area (Å²) >= 11 is 1.86. The zero-order chi connectivity index (χ0) is 12.0. The molecule has 0 fully saturated rings. The van der Waals surface area contributed by atoms with Crippen molar-refractivity contribution >= 4 is 11.3 Å². The zero-order valence-corrected chi connectivity index (χ0v) is 11.5. The summed E-state index contributed by atoms with van der Waals surface area (Å²) in [5.41, 5.74) is 7.33. The molecule has 1 aromatic heterocycles. The van der Waals surface area contributed by atoms with Crippen LogP contribution in [0.2, 0.25) is 0 Å². The Hall–Kier alpha value is -0.380. The van der Waals surface area contributed by atoms with Gasteiger partial charge in [0, 0.05) is 10.4 Å². The lowest BCUT2D eigenvalue weighted by Crippen LogP contribution is -2.33. The number of rotatable bonds is 7. The van der Waals surface area contributed by atoms with Crippen molar-refractivity contribution in [3.05, 3.63) is 21.9 Å². The van der Waals surface area contributed by atoms with Gasteiger partial charge < -0.3 is 11.1 Å². The maximum absolute atomic E-state index is 5.92. The third-order valence-electron chi connectivity index (χ3n) is 2.67. The number of hydrogen-bond donors (Lipinski definition) is 2. The van der Waals surface area contributed by atoms with Crippen LogP contribution in [0.15, 0.2) is 11.4 Å². The van der Waals surface area contributed by atoms with Gasteiger partial charge in [-0.15, -0.1) is 11.3 Å². The van der Waals surface area contributed by atoms with Crippen molar-refractivity contribution in [1.82, 2.24) is 5.32 Å². The highest BCUT2D eigenvalue weighted by Crippen LogP contribution is 2.15. The van der Waals surface area contributed by atoms with E-state index in [2.05, 4.69) is 37.5 Å². The van der Waals surface area contributed by atoms with Crippen LogP contribution >= 0.6 is 11.3 Å². The normalized spacial score (nSPS) is 12.0. The maximum atomic E-state index is 5.92. The third-order valence-corrected chi connectivity index (χ3v) is 3.75. The molecule has 1 rings (SSSR count). The predicted molar refractivity (Wildman–Crippen MR) is 73.1 cm³/mol. The van der Waals surface area contributed by atoms with Crippen LogP contribution in [0.4, 0.5) is 0 Å². The molecule has 2 nitrogen and oxygen atoms in total. The van der Waals surface area contributed by atoms with E-state index in [1.165, 1.54) is 10.4 Å². The molecule has 0 aliphatic carbocycles. The molecular formula is C13H24N2S. The van der Waals surface area contributed by atoms with Crippen molar-refractivity contribution in [2.45, 2.75) is 45.6 Å². The zero-order valence-electron chi connectivity index (χ0n) is 10.7. The smallest absolute Gasteiger partial charge is 0.00975 e. The first-order valence-electron chi connectivity index (χ1n) is 6.01. The van der Waals surface area contributed by atoms with E-state index in [-0.39, 0.29) is 5.54 Å². The summed E-state index contributed by atoms with van der Waals surface area (Å²) in [6, 6.07) is 2.19. The van der Waals surface area contributed by atoms with E-state index in [1.54, 1.807) is 0 Å². The van der Waals surface area contributed by atoms with Gasteiger partial charge in [-0.2, -0.15) is 0 Å². The average Bonchev–Trinajstić information content (AvgIpc) is 2.56. The molecule has 3 N–H and O–H groups in total. The van der Waals surface area contributed by atoms with E-state index in [1.807, 2.05) is 11.3 Å². The van der Waals surface area contributed by atoms with E-state index in [4.69, 9.17) is 5.73 Å². The van der Waals surface area contributed by atoms with Gasteiger partial charge in [-0.1, -0.05) is 0 Å². The van der Waals surface area contributed by atoms with E-state index < -0.39 is 0 Å². The fraction of sp³-hybridized carbons (Fsp3) is 0.692. The molecule has 3 heteroatoms. The predicted octanol–water partition coefficient (Wildman–Crippen LogP) is 2.71. The highest BCUT2D eigenvalue weighted by Gasteiger charge is 2.08. The van der Waals surface area contributed by atoms with Crippen LogP contribution in [0.1, 0.15) is 37.1 Å². The topological polar surface area (TPSA) is 38.0 Å². The molecule has 0 bridgehead atoms. The Balaban J connectivity index is 2.03. The van der Waals surface area contributed by atoms with E-state index in [9.17, 15) is 0 Å². The summed E-state index contributed by atoms with van der Waals surface area (Å²) in [7, 11) is 0. The molecule has 16 heavy (non-hydrogen) atoms. The quantitative estimate of drug-likeness (QED) is 0.719. The molecule has 0 saturated carbocycles. The lowest BCUT2D eigenvalue weighted by molar-refractivity contribution is 0.449. The van der Waals surface area contributed by atoms with E-state index in [0.717, 1.165) is 32.4 Å². The van der Waals surface area contributed by atoms with Crippen LogP contribution in [0.3, 0.4) is 0 Å². The average molecular weight is 240 g/mol. The van der Waals surface area contributed by atoms with Crippen LogP contribution in [0.5, 0.6) is 0 Å². The van der Waals surface area contributed by atoms with Crippen LogP contribution in [0, 0.1) is 6.92 Å². The van der Waals surface area contributed by atoms with Crippen molar-refractivity contribution in [3.8, 4) is 0 Å². The molecular weight excluding hydrogens is 216 g/mol. The van der Waals surface area contributed by atoms with Crippen LogP contribution < -0.4 is 11.1 Å².